The van der Waals surface area contributed by atoms with E-state index in [2.05, 4.69) is 5.32 Å². The Hall–Kier alpha value is -3.73. The van der Waals surface area contributed by atoms with E-state index < -0.39 is 12.0 Å². The van der Waals surface area contributed by atoms with Crippen LogP contribution in [-0.4, -0.2) is 30.3 Å². The van der Waals surface area contributed by atoms with Crippen molar-refractivity contribution in [3.63, 3.8) is 0 Å². The third kappa shape index (κ3) is 6.12. The minimum atomic E-state index is -0.914. The zero-order valence-electron chi connectivity index (χ0n) is 17.6. The highest BCUT2D eigenvalue weighted by molar-refractivity contribution is 5.99. The molecule has 0 heterocycles. The molecule has 0 aromatic heterocycles. The molecule has 0 saturated carbocycles. The Kier molecular flexibility index (Phi) is 7.33. The molecule has 3 aromatic rings. The summed E-state index contributed by atoms with van der Waals surface area (Å²) in [4.78, 5) is 37.8. The first-order chi connectivity index (χ1) is 14.9. The van der Waals surface area contributed by atoms with Gasteiger partial charge in [-0.25, -0.2) is 4.79 Å². The highest BCUT2D eigenvalue weighted by Gasteiger charge is 2.24. The number of rotatable bonds is 8. The fourth-order valence-corrected chi connectivity index (χ4v) is 3.11. The fraction of sp³-hybridized carbons (Fsp3) is 0.192. The lowest BCUT2D eigenvalue weighted by Crippen LogP contribution is -2.43. The molecule has 1 amide bonds. The summed E-state index contributed by atoms with van der Waals surface area (Å²) in [5.74, 6) is -1.31. The highest BCUT2D eigenvalue weighted by atomic mass is 16.5. The third-order valence-corrected chi connectivity index (χ3v) is 5.08. The SMILES string of the molecule is Cc1ccc(C(=O)COC(=O)C(Cc2ccccc2)NC(=O)c2ccccc2)cc1C. The molecule has 0 fully saturated rings. The minimum Gasteiger partial charge on any atom is -0.456 e. The minimum absolute atomic E-state index is 0.260. The van der Waals surface area contributed by atoms with E-state index in [1.165, 1.54) is 0 Å². The molecule has 3 rings (SSSR count). The van der Waals surface area contributed by atoms with Gasteiger partial charge in [-0.05, 0) is 48.7 Å². The number of ketones is 1. The molecule has 5 nitrogen and oxygen atoms in total. The molecule has 0 bridgehead atoms. The topological polar surface area (TPSA) is 72.5 Å². The standard InChI is InChI=1S/C26H25NO4/c1-18-13-14-22(15-19(18)2)24(28)17-31-26(30)23(16-20-9-5-3-6-10-20)27-25(29)21-11-7-4-8-12-21/h3-15,23H,16-17H2,1-2H3,(H,27,29). The summed E-state index contributed by atoms with van der Waals surface area (Å²) in [7, 11) is 0. The summed E-state index contributed by atoms with van der Waals surface area (Å²) in [6.07, 6.45) is 0.260. The first kappa shape index (κ1) is 22.0. The molecule has 5 heteroatoms. The van der Waals surface area contributed by atoms with Crippen LogP contribution < -0.4 is 5.32 Å². The molecule has 0 aliphatic heterocycles. The predicted octanol–water partition coefficient (Wildman–Crippen LogP) is 4.07. The number of carbonyl (C=O) groups excluding carboxylic acids is 3. The van der Waals surface area contributed by atoms with Gasteiger partial charge in [0.05, 0.1) is 0 Å². The fourth-order valence-electron chi connectivity index (χ4n) is 3.11. The number of hydrogen-bond acceptors (Lipinski definition) is 4. The lowest BCUT2D eigenvalue weighted by molar-refractivity contribution is -0.144. The lowest BCUT2D eigenvalue weighted by Gasteiger charge is -2.18. The molecule has 31 heavy (non-hydrogen) atoms. The van der Waals surface area contributed by atoms with Crippen LogP contribution in [0.5, 0.6) is 0 Å². The van der Waals surface area contributed by atoms with Crippen LogP contribution >= 0.6 is 0 Å². The predicted molar refractivity (Wildman–Crippen MR) is 119 cm³/mol. The van der Waals surface area contributed by atoms with Gasteiger partial charge in [-0.3, -0.25) is 9.59 Å². The van der Waals surface area contributed by atoms with Crippen LogP contribution in [0, 0.1) is 13.8 Å². The summed E-state index contributed by atoms with van der Waals surface area (Å²) < 4.78 is 5.30. The first-order valence-electron chi connectivity index (χ1n) is 10.1. The van der Waals surface area contributed by atoms with E-state index in [1.54, 1.807) is 36.4 Å². The molecule has 1 atom stereocenters. The van der Waals surface area contributed by atoms with Crippen molar-refractivity contribution in [1.29, 1.82) is 0 Å². The number of amides is 1. The van der Waals surface area contributed by atoms with Gasteiger partial charge < -0.3 is 10.1 Å². The Morgan fingerprint density at radius 3 is 2.10 bits per heavy atom. The van der Waals surface area contributed by atoms with Crippen LogP contribution in [0.1, 0.15) is 37.4 Å². The molecule has 0 aliphatic rings. The normalized spacial score (nSPS) is 11.4. The Balaban J connectivity index is 1.69. The van der Waals surface area contributed by atoms with Crippen LogP contribution in [0.4, 0.5) is 0 Å². The van der Waals surface area contributed by atoms with Gasteiger partial charge in [-0.2, -0.15) is 0 Å². The third-order valence-electron chi connectivity index (χ3n) is 5.08. The summed E-state index contributed by atoms with van der Waals surface area (Å²) in [6, 6.07) is 22.4. The van der Waals surface area contributed by atoms with E-state index >= 15 is 0 Å². The van der Waals surface area contributed by atoms with Gasteiger partial charge >= 0.3 is 5.97 Å². The second-order valence-electron chi connectivity index (χ2n) is 7.41. The molecular formula is C26H25NO4. The molecule has 0 radical (unpaired) electrons. The average Bonchev–Trinajstić information content (AvgIpc) is 2.79. The molecular weight excluding hydrogens is 390 g/mol. The monoisotopic (exact) mass is 415 g/mol. The van der Waals surface area contributed by atoms with Crippen LogP contribution in [0.3, 0.4) is 0 Å². The van der Waals surface area contributed by atoms with Crippen LogP contribution in [0.2, 0.25) is 0 Å². The van der Waals surface area contributed by atoms with Crippen molar-refractivity contribution in [1.82, 2.24) is 5.32 Å². The van der Waals surface area contributed by atoms with E-state index in [4.69, 9.17) is 4.74 Å². The maximum absolute atomic E-state index is 12.8. The lowest BCUT2D eigenvalue weighted by atomic mass is 10.0. The number of Topliss-reactive ketones (excluding diaryl/α,β-unsaturated/α-hetero) is 1. The Morgan fingerprint density at radius 2 is 1.45 bits per heavy atom. The van der Waals surface area contributed by atoms with Gasteiger partial charge in [0.15, 0.2) is 12.4 Å². The van der Waals surface area contributed by atoms with Crippen molar-refractivity contribution in [2.24, 2.45) is 0 Å². The summed E-state index contributed by atoms with van der Waals surface area (Å²) >= 11 is 0. The van der Waals surface area contributed by atoms with Crippen LogP contribution in [0.15, 0.2) is 78.9 Å². The summed E-state index contributed by atoms with van der Waals surface area (Å²) in [6.45, 7) is 3.51. The molecule has 0 saturated heterocycles. The molecule has 1 unspecified atom stereocenters. The van der Waals surface area contributed by atoms with E-state index in [0.717, 1.165) is 16.7 Å². The molecule has 3 aromatic carbocycles. The molecule has 158 valence electrons. The van der Waals surface area contributed by atoms with Crippen molar-refractivity contribution in [2.75, 3.05) is 6.61 Å². The van der Waals surface area contributed by atoms with Gasteiger partial charge in [0.1, 0.15) is 6.04 Å². The van der Waals surface area contributed by atoms with Gasteiger partial charge in [-0.1, -0.05) is 60.7 Å². The molecule has 0 aliphatic carbocycles. The number of hydrogen-bond donors (Lipinski definition) is 1. The molecule has 1 N–H and O–H groups in total. The van der Waals surface area contributed by atoms with Gasteiger partial charge in [0.2, 0.25) is 0 Å². The molecule has 0 spiro atoms. The Bertz CT molecular complexity index is 1060. The summed E-state index contributed by atoms with van der Waals surface area (Å²) in [5, 5.41) is 2.74. The zero-order valence-corrected chi connectivity index (χ0v) is 17.6. The zero-order chi connectivity index (χ0) is 22.2. The second kappa shape index (κ2) is 10.3. The number of nitrogens with one attached hydrogen (secondary N) is 1. The number of benzene rings is 3. The quantitative estimate of drug-likeness (QED) is 0.445. The van der Waals surface area contributed by atoms with Gasteiger partial charge in [-0.15, -0.1) is 0 Å². The number of aryl methyl sites for hydroxylation is 2. The van der Waals surface area contributed by atoms with E-state index in [9.17, 15) is 14.4 Å². The largest absolute Gasteiger partial charge is 0.456 e. The first-order valence-corrected chi connectivity index (χ1v) is 10.1. The van der Waals surface area contributed by atoms with Crippen molar-refractivity contribution in [3.05, 3.63) is 107 Å². The van der Waals surface area contributed by atoms with Crippen LogP contribution in [0.25, 0.3) is 0 Å². The van der Waals surface area contributed by atoms with E-state index in [-0.39, 0.29) is 24.7 Å². The maximum Gasteiger partial charge on any atom is 0.329 e. The van der Waals surface area contributed by atoms with Crippen molar-refractivity contribution < 1.29 is 19.1 Å². The van der Waals surface area contributed by atoms with Crippen molar-refractivity contribution >= 4 is 17.7 Å². The Morgan fingerprint density at radius 1 is 0.806 bits per heavy atom. The second-order valence-corrected chi connectivity index (χ2v) is 7.41. The van der Waals surface area contributed by atoms with E-state index in [1.807, 2.05) is 56.3 Å². The maximum atomic E-state index is 12.8. The van der Waals surface area contributed by atoms with Crippen molar-refractivity contribution in [3.8, 4) is 0 Å². The van der Waals surface area contributed by atoms with Gasteiger partial charge in [0.25, 0.3) is 5.91 Å². The van der Waals surface area contributed by atoms with Crippen molar-refractivity contribution in [2.45, 2.75) is 26.3 Å². The average molecular weight is 415 g/mol. The highest BCUT2D eigenvalue weighted by Crippen LogP contribution is 2.11. The number of ether oxygens (including phenoxy) is 1. The van der Waals surface area contributed by atoms with Gasteiger partial charge in [0, 0.05) is 17.5 Å². The van der Waals surface area contributed by atoms with Crippen LogP contribution in [-0.2, 0) is 16.0 Å². The smallest absolute Gasteiger partial charge is 0.329 e. The number of esters is 1. The summed E-state index contributed by atoms with van der Waals surface area (Å²) in [5.41, 5.74) is 3.89. The number of carbonyl (C=O) groups is 3. The van der Waals surface area contributed by atoms with E-state index in [0.29, 0.717) is 11.1 Å². The Labute approximate surface area is 182 Å².